The Bertz CT molecular complexity index is 1270. The van der Waals surface area contributed by atoms with E-state index in [4.69, 9.17) is 15.2 Å². The maximum Gasteiger partial charge on any atom is 0.490 e. The van der Waals surface area contributed by atoms with Gasteiger partial charge in [0.2, 0.25) is 0 Å². The molecule has 0 amide bonds. The molecule has 0 spiro atoms. The van der Waals surface area contributed by atoms with Gasteiger partial charge in [-0.2, -0.15) is 18.4 Å². The molecule has 2 aromatic rings. The number of hydrogen-bond donors (Lipinski definition) is 3. The predicted molar refractivity (Wildman–Crippen MR) is 128 cm³/mol. The zero-order chi connectivity index (χ0) is 27.8. The molecule has 0 aliphatic carbocycles. The molecule has 0 atom stereocenters. The third-order valence-electron chi connectivity index (χ3n) is 5.28. The fourth-order valence-corrected chi connectivity index (χ4v) is 4.60. The number of aliphatic carboxylic acids is 1. The molecule has 1 fully saturated rings. The average Bonchev–Trinajstić information content (AvgIpc) is 2.82. The second-order valence-electron chi connectivity index (χ2n) is 8.00. The van der Waals surface area contributed by atoms with Crippen LogP contribution in [0.25, 0.3) is 0 Å². The van der Waals surface area contributed by atoms with Crippen molar-refractivity contribution in [2.24, 2.45) is 0 Å². The first kappa shape index (κ1) is 29.4. The van der Waals surface area contributed by atoms with E-state index >= 15 is 0 Å². The molecule has 0 saturated carbocycles. The van der Waals surface area contributed by atoms with Crippen LogP contribution in [0.3, 0.4) is 0 Å². The first-order valence-electron chi connectivity index (χ1n) is 10.9. The summed E-state index contributed by atoms with van der Waals surface area (Å²) in [6, 6.07) is 13.2. The first-order chi connectivity index (χ1) is 17.2. The van der Waals surface area contributed by atoms with E-state index in [1.807, 2.05) is 4.90 Å². The average molecular weight is 543 g/mol. The van der Waals surface area contributed by atoms with Crippen molar-refractivity contribution in [3.8, 4) is 6.07 Å². The van der Waals surface area contributed by atoms with Gasteiger partial charge in [-0.25, -0.2) is 18.0 Å². The molecule has 10 nitrogen and oxygen atoms in total. The lowest BCUT2D eigenvalue weighted by atomic mass is 10.1. The number of carboxylic acid groups (broad SMARTS) is 2. The van der Waals surface area contributed by atoms with Crippen molar-refractivity contribution in [2.75, 3.05) is 42.3 Å². The van der Waals surface area contributed by atoms with Gasteiger partial charge in [0.05, 0.1) is 27.9 Å². The van der Waals surface area contributed by atoms with Crippen LogP contribution in [0.1, 0.15) is 22.3 Å². The predicted octanol–water partition coefficient (Wildman–Crippen LogP) is 3.16. The van der Waals surface area contributed by atoms with Gasteiger partial charge in [-0.05, 0) is 42.8 Å². The minimum atomic E-state index is -5.08. The van der Waals surface area contributed by atoms with E-state index in [1.165, 1.54) is 18.2 Å². The largest absolute Gasteiger partial charge is 0.490 e. The molecule has 0 aromatic heterocycles. The van der Waals surface area contributed by atoms with E-state index in [9.17, 15) is 31.5 Å². The molecule has 1 aliphatic heterocycles. The summed E-state index contributed by atoms with van der Waals surface area (Å²) in [5, 5.41) is 25.2. The number of halogens is 3. The van der Waals surface area contributed by atoms with Gasteiger partial charge >= 0.3 is 18.1 Å². The van der Waals surface area contributed by atoms with Gasteiger partial charge in [0.15, 0.2) is 0 Å². The number of hydrogen-bond acceptors (Lipinski definition) is 7. The van der Waals surface area contributed by atoms with Crippen molar-refractivity contribution >= 4 is 33.3 Å². The molecule has 1 heterocycles. The second kappa shape index (κ2) is 12.4. The van der Waals surface area contributed by atoms with Crippen LogP contribution in [0.4, 0.5) is 24.5 Å². The van der Waals surface area contributed by atoms with Crippen molar-refractivity contribution < 1.29 is 41.4 Å². The topological polar surface area (TPSA) is 151 Å². The van der Waals surface area contributed by atoms with Crippen LogP contribution in [0.15, 0.2) is 47.4 Å². The number of nitrogens with zero attached hydrogens (tertiary/aromatic N) is 3. The first-order valence-corrected chi connectivity index (χ1v) is 12.3. The van der Waals surface area contributed by atoms with Gasteiger partial charge in [0.25, 0.3) is 10.0 Å². The van der Waals surface area contributed by atoms with Crippen molar-refractivity contribution in [2.45, 2.75) is 24.4 Å². The van der Waals surface area contributed by atoms with E-state index in [0.29, 0.717) is 31.7 Å². The third kappa shape index (κ3) is 8.65. The van der Waals surface area contributed by atoms with Crippen molar-refractivity contribution in [1.82, 2.24) is 4.90 Å². The molecule has 0 radical (unpaired) electrons. The molecule has 0 bridgehead atoms. The fourth-order valence-electron chi connectivity index (χ4n) is 3.43. The molecule has 14 heteroatoms. The molecule has 0 unspecified atom stereocenters. The Hall–Kier alpha value is -3.83. The minimum absolute atomic E-state index is 0.00773. The number of aromatic carboxylic acids is 1. The van der Waals surface area contributed by atoms with Crippen molar-refractivity contribution in [1.29, 1.82) is 5.26 Å². The van der Waals surface area contributed by atoms with E-state index in [0.717, 1.165) is 18.7 Å². The SMILES string of the molecule is Cc1cccc(S(=O)(=O)Nc2cc(C(=O)O)ccc2N2CCN(CCC#N)CC2)c1.O=C(O)C(F)(F)F. The van der Waals surface area contributed by atoms with Crippen LogP contribution >= 0.6 is 0 Å². The molecular weight excluding hydrogens is 517 g/mol. The molecule has 2 aromatic carbocycles. The molecule has 37 heavy (non-hydrogen) atoms. The number of nitriles is 1. The summed E-state index contributed by atoms with van der Waals surface area (Å²) in [7, 11) is -3.88. The Balaban J connectivity index is 0.000000604. The molecule has 3 rings (SSSR count). The molecular formula is C23H25F3N4O6S. The number of anilines is 2. The number of rotatable bonds is 7. The summed E-state index contributed by atoms with van der Waals surface area (Å²) < 4.78 is 60.2. The Morgan fingerprint density at radius 2 is 1.70 bits per heavy atom. The second-order valence-corrected chi connectivity index (χ2v) is 9.68. The molecule has 1 saturated heterocycles. The zero-order valence-corrected chi connectivity index (χ0v) is 20.5. The highest BCUT2D eigenvalue weighted by molar-refractivity contribution is 7.92. The highest BCUT2D eigenvalue weighted by atomic mass is 32.2. The van der Waals surface area contributed by atoms with Gasteiger partial charge in [0, 0.05) is 39.1 Å². The van der Waals surface area contributed by atoms with Crippen molar-refractivity contribution in [3.05, 3.63) is 53.6 Å². The number of aryl methyl sites for hydroxylation is 1. The molecule has 1 aliphatic rings. The number of sulfonamides is 1. The summed E-state index contributed by atoms with van der Waals surface area (Å²) in [6.45, 7) is 5.29. The highest BCUT2D eigenvalue weighted by Crippen LogP contribution is 2.30. The summed E-state index contributed by atoms with van der Waals surface area (Å²) in [5.41, 5.74) is 1.69. The Labute approximate surface area is 211 Å². The Morgan fingerprint density at radius 3 is 2.22 bits per heavy atom. The molecule has 3 N–H and O–H groups in total. The number of alkyl halides is 3. The van der Waals surface area contributed by atoms with E-state index in [2.05, 4.69) is 15.7 Å². The standard InChI is InChI=1S/C21H24N4O4S.C2HF3O2/c1-16-4-2-5-18(14-16)30(28,29)23-19-15-17(21(26)27)6-7-20(19)25-12-10-24(11-13-25)9-3-8-22;3-2(4,5)1(6)7/h2,4-7,14-15,23H,3,9-13H2,1H3,(H,26,27);(H,6,7). The maximum atomic E-state index is 12.9. The lowest BCUT2D eigenvalue weighted by molar-refractivity contribution is -0.192. The Morgan fingerprint density at radius 1 is 1.08 bits per heavy atom. The normalized spacial score (nSPS) is 14.2. The maximum absolute atomic E-state index is 12.9. The quantitative estimate of drug-likeness (QED) is 0.479. The smallest absolute Gasteiger partial charge is 0.478 e. The summed E-state index contributed by atoms with van der Waals surface area (Å²) in [5.74, 6) is -3.88. The van der Waals surface area contributed by atoms with Crippen LogP contribution in [0.5, 0.6) is 0 Å². The summed E-state index contributed by atoms with van der Waals surface area (Å²) in [4.78, 5) is 24.7. The number of carbonyl (C=O) groups is 2. The van der Waals surface area contributed by atoms with E-state index in [-0.39, 0.29) is 16.1 Å². The lowest BCUT2D eigenvalue weighted by Crippen LogP contribution is -2.46. The fraction of sp³-hybridized carbons (Fsp3) is 0.348. The van der Waals surface area contributed by atoms with E-state index in [1.54, 1.807) is 31.2 Å². The zero-order valence-electron chi connectivity index (χ0n) is 19.7. The van der Waals surface area contributed by atoms with Crippen LogP contribution in [0.2, 0.25) is 0 Å². The van der Waals surface area contributed by atoms with Crippen LogP contribution < -0.4 is 9.62 Å². The van der Waals surface area contributed by atoms with Gasteiger partial charge in [-0.15, -0.1) is 0 Å². The van der Waals surface area contributed by atoms with Crippen LogP contribution in [-0.2, 0) is 14.8 Å². The van der Waals surface area contributed by atoms with E-state index < -0.39 is 28.1 Å². The third-order valence-corrected chi connectivity index (χ3v) is 6.65. The van der Waals surface area contributed by atoms with Gasteiger partial charge < -0.3 is 15.1 Å². The van der Waals surface area contributed by atoms with Crippen LogP contribution in [-0.4, -0.2) is 74.4 Å². The number of nitrogens with one attached hydrogen (secondary N) is 1. The number of piperazine rings is 1. The summed E-state index contributed by atoms with van der Waals surface area (Å²) in [6.07, 6.45) is -4.62. The van der Waals surface area contributed by atoms with Crippen LogP contribution in [0, 0.1) is 18.3 Å². The van der Waals surface area contributed by atoms with Gasteiger partial charge in [0.1, 0.15) is 0 Å². The highest BCUT2D eigenvalue weighted by Gasteiger charge is 2.38. The number of benzene rings is 2. The monoisotopic (exact) mass is 542 g/mol. The lowest BCUT2D eigenvalue weighted by Gasteiger charge is -2.36. The Kier molecular flexibility index (Phi) is 9.87. The molecule has 200 valence electrons. The van der Waals surface area contributed by atoms with Gasteiger partial charge in [-0.3, -0.25) is 9.62 Å². The van der Waals surface area contributed by atoms with Gasteiger partial charge in [-0.1, -0.05) is 12.1 Å². The summed E-state index contributed by atoms with van der Waals surface area (Å²) >= 11 is 0. The number of carboxylic acids is 2. The van der Waals surface area contributed by atoms with Crippen molar-refractivity contribution in [3.63, 3.8) is 0 Å². The minimum Gasteiger partial charge on any atom is -0.478 e.